The number of aliphatic hydroxyl groups is 1. The Labute approximate surface area is 142 Å². The maximum Gasteiger partial charge on any atom is 0.162 e. The van der Waals surface area contributed by atoms with Crippen LogP contribution in [0.3, 0.4) is 0 Å². The van der Waals surface area contributed by atoms with E-state index in [9.17, 15) is 9.90 Å². The summed E-state index contributed by atoms with van der Waals surface area (Å²) < 4.78 is 0. The van der Waals surface area contributed by atoms with Gasteiger partial charge >= 0.3 is 0 Å². The number of aliphatic hydroxyl groups excluding tert-OH is 1. The summed E-state index contributed by atoms with van der Waals surface area (Å²) in [5.41, 5.74) is 0. The number of hydrogen-bond acceptors (Lipinski definition) is 2. The minimum atomic E-state index is 0.115. The van der Waals surface area contributed by atoms with Gasteiger partial charge in [-0.15, -0.1) is 0 Å². The smallest absolute Gasteiger partial charge is 0.162 e. The van der Waals surface area contributed by atoms with Gasteiger partial charge in [0.1, 0.15) is 0 Å². The lowest BCUT2D eigenvalue weighted by Crippen LogP contribution is -2.17. The first kappa shape index (κ1) is 18.5. The van der Waals surface area contributed by atoms with E-state index in [1.165, 1.54) is 51.4 Å². The molecule has 0 aromatic heterocycles. The normalized spacial score (nSPS) is 23.3. The SMILES string of the molecule is CCC(CC1CCCC1)C(=O)/C=C(\O)C(CC)CC1CCCC1. The first-order valence-corrected chi connectivity index (χ1v) is 10.1. The second-order valence-corrected chi connectivity index (χ2v) is 7.95. The first-order chi connectivity index (χ1) is 11.1. The van der Waals surface area contributed by atoms with E-state index in [1.54, 1.807) is 6.08 Å². The van der Waals surface area contributed by atoms with E-state index in [0.717, 1.165) is 37.5 Å². The molecular weight excluding hydrogens is 284 g/mol. The van der Waals surface area contributed by atoms with Gasteiger partial charge < -0.3 is 5.11 Å². The highest BCUT2D eigenvalue weighted by Gasteiger charge is 2.25. The van der Waals surface area contributed by atoms with Crippen molar-refractivity contribution in [3.05, 3.63) is 11.8 Å². The Morgan fingerprint density at radius 3 is 1.78 bits per heavy atom. The van der Waals surface area contributed by atoms with E-state index in [-0.39, 0.29) is 17.6 Å². The van der Waals surface area contributed by atoms with Gasteiger partial charge in [0, 0.05) is 17.9 Å². The lowest BCUT2D eigenvalue weighted by atomic mass is 9.86. The Balaban J connectivity index is 1.90. The minimum absolute atomic E-state index is 0.115. The quantitative estimate of drug-likeness (QED) is 0.405. The summed E-state index contributed by atoms with van der Waals surface area (Å²) in [6, 6.07) is 0. The monoisotopic (exact) mass is 320 g/mol. The average molecular weight is 321 g/mol. The highest BCUT2D eigenvalue weighted by molar-refractivity contribution is 5.92. The molecule has 23 heavy (non-hydrogen) atoms. The van der Waals surface area contributed by atoms with E-state index in [1.807, 2.05) is 0 Å². The van der Waals surface area contributed by atoms with Crippen LogP contribution in [0.2, 0.25) is 0 Å². The van der Waals surface area contributed by atoms with Gasteiger partial charge in [0.2, 0.25) is 0 Å². The van der Waals surface area contributed by atoms with Gasteiger partial charge in [0.05, 0.1) is 5.76 Å². The van der Waals surface area contributed by atoms with Crippen LogP contribution in [-0.4, -0.2) is 10.9 Å². The molecule has 2 unspecified atom stereocenters. The van der Waals surface area contributed by atoms with Gasteiger partial charge in [-0.2, -0.15) is 0 Å². The third kappa shape index (κ3) is 5.65. The van der Waals surface area contributed by atoms with Crippen molar-refractivity contribution in [2.24, 2.45) is 23.7 Å². The Morgan fingerprint density at radius 1 is 0.913 bits per heavy atom. The van der Waals surface area contributed by atoms with Crippen LogP contribution < -0.4 is 0 Å². The molecule has 2 atom stereocenters. The summed E-state index contributed by atoms with van der Waals surface area (Å²) in [5.74, 6) is 2.32. The number of ketones is 1. The molecule has 0 aliphatic heterocycles. The molecule has 0 aromatic carbocycles. The standard InChI is InChI=1S/C21H36O2/c1-3-18(13-16-9-5-6-10-16)20(22)15-21(23)19(4-2)14-17-11-7-8-12-17/h15-19,22H,3-14H2,1-2H3/b20-15-. The molecule has 0 amide bonds. The second-order valence-electron chi connectivity index (χ2n) is 7.95. The van der Waals surface area contributed by atoms with Crippen molar-refractivity contribution in [1.82, 2.24) is 0 Å². The molecule has 2 heteroatoms. The van der Waals surface area contributed by atoms with Gasteiger partial charge in [-0.05, 0) is 37.5 Å². The highest BCUT2D eigenvalue weighted by Crippen LogP contribution is 2.34. The number of rotatable bonds is 9. The van der Waals surface area contributed by atoms with Crippen LogP contribution in [-0.2, 0) is 4.79 Å². The maximum absolute atomic E-state index is 12.6. The molecular formula is C21H36O2. The number of carbonyl (C=O) groups excluding carboxylic acids is 1. The van der Waals surface area contributed by atoms with Crippen molar-refractivity contribution in [3.63, 3.8) is 0 Å². The fourth-order valence-corrected chi connectivity index (χ4v) is 4.66. The van der Waals surface area contributed by atoms with Crippen LogP contribution >= 0.6 is 0 Å². The van der Waals surface area contributed by atoms with E-state index >= 15 is 0 Å². The van der Waals surface area contributed by atoms with Crippen LogP contribution in [0.25, 0.3) is 0 Å². The van der Waals surface area contributed by atoms with Crippen molar-refractivity contribution in [2.75, 3.05) is 0 Å². The van der Waals surface area contributed by atoms with Crippen molar-refractivity contribution in [1.29, 1.82) is 0 Å². The van der Waals surface area contributed by atoms with Gasteiger partial charge in [0.15, 0.2) is 5.78 Å². The highest BCUT2D eigenvalue weighted by atomic mass is 16.3. The van der Waals surface area contributed by atoms with Gasteiger partial charge in [-0.25, -0.2) is 0 Å². The zero-order valence-corrected chi connectivity index (χ0v) is 15.2. The van der Waals surface area contributed by atoms with Crippen LogP contribution in [0.4, 0.5) is 0 Å². The average Bonchev–Trinajstić information content (AvgIpc) is 3.23. The summed E-state index contributed by atoms with van der Waals surface area (Å²) in [6.07, 6.45) is 16.0. The van der Waals surface area contributed by atoms with E-state index < -0.39 is 0 Å². The van der Waals surface area contributed by atoms with Crippen LogP contribution in [0, 0.1) is 23.7 Å². The van der Waals surface area contributed by atoms with Gasteiger partial charge in [0.25, 0.3) is 0 Å². The Kier molecular flexibility index (Phi) is 7.65. The third-order valence-corrected chi connectivity index (χ3v) is 6.28. The van der Waals surface area contributed by atoms with Crippen molar-refractivity contribution in [3.8, 4) is 0 Å². The summed E-state index contributed by atoms with van der Waals surface area (Å²) in [5, 5.41) is 10.5. The minimum Gasteiger partial charge on any atom is -0.512 e. The molecule has 0 radical (unpaired) electrons. The molecule has 0 saturated heterocycles. The van der Waals surface area contributed by atoms with Crippen LogP contribution in [0.1, 0.15) is 90.9 Å². The molecule has 2 fully saturated rings. The topological polar surface area (TPSA) is 37.3 Å². The summed E-state index contributed by atoms with van der Waals surface area (Å²) in [7, 11) is 0. The van der Waals surface area contributed by atoms with Crippen LogP contribution in [0.15, 0.2) is 11.8 Å². The molecule has 2 aliphatic carbocycles. The summed E-state index contributed by atoms with van der Waals surface area (Å²) in [6.45, 7) is 4.24. The number of hydrogen-bond donors (Lipinski definition) is 1. The van der Waals surface area contributed by atoms with E-state index in [2.05, 4.69) is 13.8 Å². The number of allylic oxidation sites excluding steroid dienone is 2. The lowest BCUT2D eigenvalue weighted by molar-refractivity contribution is -0.119. The molecule has 0 aromatic rings. The number of carbonyl (C=O) groups is 1. The van der Waals surface area contributed by atoms with Crippen LogP contribution in [0.5, 0.6) is 0 Å². The molecule has 0 heterocycles. The molecule has 2 rings (SSSR count). The predicted molar refractivity (Wildman–Crippen MR) is 96.4 cm³/mol. The Morgan fingerprint density at radius 2 is 1.35 bits per heavy atom. The van der Waals surface area contributed by atoms with E-state index in [0.29, 0.717) is 5.76 Å². The van der Waals surface area contributed by atoms with Gasteiger partial charge in [-0.1, -0.05) is 65.2 Å². The fourth-order valence-electron chi connectivity index (χ4n) is 4.66. The Hall–Kier alpha value is -0.790. The predicted octanol–water partition coefficient (Wildman–Crippen LogP) is 6.21. The van der Waals surface area contributed by atoms with Crippen molar-refractivity contribution >= 4 is 5.78 Å². The molecule has 2 aliphatic rings. The zero-order chi connectivity index (χ0) is 16.7. The third-order valence-electron chi connectivity index (χ3n) is 6.28. The molecule has 0 spiro atoms. The molecule has 2 nitrogen and oxygen atoms in total. The Bertz CT molecular complexity index is 387. The van der Waals surface area contributed by atoms with Crippen molar-refractivity contribution in [2.45, 2.75) is 90.9 Å². The summed E-state index contributed by atoms with van der Waals surface area (Å²) in [4.78, 5) is 12.6. The molecule has 2 saturated carbocycles. The van der Waals surface area contributed by atoms with Gasteiger partial charge in [-0.3, -0.25) is 4.79 Å². The zero-order valence-electron chi connectivity index (χ0n) is 15.2. The maximum atomic E-state index is 12.6. The van der Waals surface area contributed by atoms with Crippen molar-refractivity contribution < 1.29 is 9.90 Å². The lowest BCUT2D eigenvalue weighted by Gasteiger charge is -2.20. The molecule has 0 bridgehead atoms. The first-order valence-electron chi connectivity index (χ1n) is 10.1. The fraction of sp³-hybridized carbons (Fsp3) is 0.857. The van der Waals surface area contributed by atoms with E-state index in [4.69, 9.17) is 0 Å². The summed E-state index contributed by atoms with van der Waals surface area (Å²) >= 11 is 0. The molecule has 132 valence electrons. The molecule has 1 N–H and O–H groups in total. The second kappa shape index (κ2) is 9.49. The largest absolute Gasteiger partial charge is 0.512 e.